The molecule has 1 aliphatic heterocycles. The number of piperazine rings is 1. The van der Waals surface area contributed by atoms with Gasteiger partial charge in [-0.15, -0.1) is 0 Å². The molecule has 0 unspecified atom stereocenters. The highest BCUT2D eigenvalue weighted by atomic mass is 16.3. The molecule has 0 atom stereocenters. The van der Waals surface area contributed by atoms with Gasteiger partial charge in [-0.1, -0.05) is 18.2 Å². The molecule has 0 spiro atoms. The van der Waals surface area contributed by atoms with Gasteiger partial charge in [0, 0.05) is 50.0 Å². The van der Waals surface area contributed by atoms with E-state index in [2.05, 4.69) is 19.9 Å². The summed E-state index contributed by atoms with van der Waals surface area (Å²) in [5, 5.41) is 0.942. The standard InChI is InChI=1S/C20H18N6O2/c27-20(17-11-15-3-1-2-4-16(15)28-17)25-9-7-24(8-10-25)18-12-19(23-13-22-18)26-6-5-21-14-26/h1-6,11-14H,7-10H2. The van der Waals surface area contributed by atoms with E-state index in [1.54, 1.807) is 18.9 Å². The number of fused-ring (bicyclic) bond motifs is 1. The molecule has 140 valence electrons. The Labute approximate surface area is 161 Å². The lowest BCUT2D eigenvalue weighted by atomic mass is 10.2. The molecule has 5 rings (SSSR count). The Balaban J connectivity index is 1.28. The van der Waals surface area contributed by atoms with Gasteiger partial charge in [0.15, 0.2) is 5.76 Å². The molecule has 1 aromatic carbocycles. The quantitative estimate of drug-likeness (QED) is 0.548. The van der Waals surface area contributed by atoms with Crippen LogP contribution in [0.4, 0.5) is 5.82 Å². The largest absolute Gasteiger partial charge is 0.451 e. The summed E-state index contributed by atoms with van der Waals surface area (Å²) in [6.45, 7) is 2.62. The maximum absolute atomic E-state index is 12.8. The van der Waals surface area contributed by atoms with Crippen LogP contribution in [0.25, 0.3) is 16.8 Å². The van der Waals surface area contributed by atoms with Crippen molar-refractivity contribution in [3.63, 3.8) is 0 Å². The third-order valence-corrected chi connectivity index (χ3v) is 4.93. The summed E-state index contributed by atoms with van der Waals surface area (Å²) in [6, 6.07) is 11.4. The van der Waals surface area contributed by atoms with Gasteiger partial charge in [-0.2, -0.15) is 0 Å². The molecule has 1 fully saturated rings. The summed E-state index contributed by atoms with van der Waals surface area (Å²) in [7, 11) is 0. The van der Waals surface area contributed by atoms with Gasteiger partial charge in [-0.05, 0) is 12.1 Å². The third kappa shape index (κ3) is 2.98. The van der Waals surface area contributed by atoms with Gasteiger partial charge in [-0.3, -0.25) is 9.36 Å². The number of para-hydroxylation sites is 1. The second-order valence-corrected chi connectivity index (χ2v) is 6.63. The van der Waals surface area contributed by atoms with Crippen LogP contribution in [0, 0.1) is 0 Å². The molecular formula is C20H18N6O2. The van der Waals surface area contributed by atoms with Gasteiger partial charge >= 0.3 is 0 Å². The molecule has 1 amide bonds. The zero-order chi connectivity index (χ0) is 18.9. The number of carbonyl (C=O) groups excluding carboxylic acids is 1. The second kappa shape index (κ2) is 6.80. The average Bonchev–Trinajstić information content (AvgIpc) is 3.43. The van der Waals surface area contributed by atoms with Crippen molar-refractivity contribution in [2.75, 3.05) is 31.1 Å². The lowest BCUT2D eigenvalue weighted by molar-refractivity contribution is 0.0717. The van der Waals surface area contributed by atoms with Crippen LogP contribution in [-0.2, 0) is 0 Å². The molecule has 1 saturated heterocycles. The number of hydrogen-bond donors (Lipinski definition) is 0. The predicted octanol–water partition coefficient (Wildman–Crippen LogP) is 2.37. The number of carbonyl (C=O) groups is 1. The molecule has 0 bridgehead atoms. The first kappa shape index (κ1) is 16.5. The Morgan fingerprint density at radius 2 is 1.82 bits per heavy atom. The Morgan fingerprint density at radius 3 is 2.61 bits per heavy atom. The number of aromatic nitrogens is 4. The monoisotopic (exact) mass is 374 g/mol. The topological polar surface area (TPSA) is 80.3 Å². The Hall–Kier alpha value is -3.68. The van der Waals surface area contributed by atoms with Crippen molar-refractivity contribution in [1.29, 1.82) is 0 Å². The fourth-order valence-corrected chi connectivity index (χ4v) is 3.43. The van der Waals surface area contributed by atoms with Crippen molar-refractivity contribution in [2.45, 2.75) is 0 Å². The van der Waals surface area contributed by atoms with Crippen LogP contribution in [0.3, 0.4) is 0 Å². The summed E-state index contributed by atoms with van der Waals surface area (Å²) in [6.07, 6.45) is 6.81. The van der Waals surface area contributed by atoms with Crippen molar-refractivity contribution >= 4 is 22.7 Å². The number of amides is 1. The van der Waals surface area contributed by atoms with E-state index in [0.717, 1.165) is 22.6 Å². The molecule has 0 saturated carbocycles. The molecule has 3 aromatic heterocycles. The molecule has 4 aromatic rings. The zero-order valence-electron chi connectivity index (χ0n) is 15.1. The molecule has 0 aliphatic carbocycles. The van der Waals surface area contributed by atoms with E-state index in [0.29, 0.717) is 31.9 Å². The van der Waals surface area contributed by atoms with E-state index >= 15 is 0 Å². The van der Waals surface area contributed by atoms with Crippen molar-refractivity contribution in [1.82, 2.24) is 24.4 Å². The van der Waals surface area contributed by atoms with Crippen LogP contribution in [0.5, 0.6) is 0 Å². The minimum absolute atomic E-state index is 0.0716. The molecule has 4 heterocycles. The number of imidazole rings is 1. The summed E-state index contributed by atoms with van der Waals surface area (Å²) in [5.41, 5.74) is 0.734. The highest BCUT2D eigenvalue weighted by molar-refractivity contribution is 5.96. The predicted molar refractivity (Wildman–Crippen MR) is 103 cm³/mol. The molecule has 8 heteroatoms. The fraction of sp³-hybridized carbons (Fsp3) is 0.200. The minimum atomic E-state index is -0.0716. The Morgan fingerprint density at radius 1 is 1.00 bits per heavy atom. The van der Waals surface area contributed by atoms with Gasteiger partial charge in [-0.25, -0.2) is 15.0 Å². The maximum atomic E-state index is 12.8. The minimum Gasteiger partial charge on any atom is -0.451 e. The zero-order valence-corrected chi connectivity index (χ0v) is 15.1. The van der Waals surface area contributed by atoms with Crippen LogP contribution in [0.15, 0.2) is 65.9 Å². The van der Waals surface area contributed by atoms with Crippen LogP contribution < -0.4 is 4.90 Å². The number of hydrogen-bond acceptors (Lipinski definition) is 6. The Bertz CT molecular complexity index is 1080. The number of furan rings is 1. The number of benzene rings is 1. The van der Waals surface area contributed by atoms with Gasteiger partial charge in [0.05, 0.1) is 0 Å². The van der Waals surface area contributed by atoms with E-state index in [-0.39, 0.29) is 5.91 Å². The average molecular weight is 374 g/mol. The van der Waals surface area contributed by atoms with E-state index in [1.165, 1.54) is 0 Å². The van der Waals surface area contributed by atoms with Crippen molar-refractivity contribution in [3.8, 4) is 5.82 Å². The molecule has 0 radical (unpaired) electrons. The van der Waals surface area contributed by atoms with Crippen molar-refractivity contribution in [3.05, 3.63) is 67.2 Å². The normalized spacial score (nSPS) is 14.6. The number of rotatable bonds is 3. The lowest BCUT2D eigenvalue weighted by Crippen LogP contribution is -2.49. The number of nitrogens with zero attached hydrogens (tertiary/aromatic N) is 6. The van der Waals surface area contributed by atoms with Gasteiger partial charge in [0.1, 0.15) is 29.9 Å². The first-order chi connectivity index (χ1) is 13.8. The van der Waals surface area contributed by atoms with Gasteiger partial charge in [0.2, 0.25) is 0 Å². The first-order valence-electron chi connectivity index (χ1n) is 9.11. The molecular weight excluding hydrogens is 356 g/mol. The van der Waals surface area contributed by atoms with E-state index in [9.17, 15) is 4.79 Å². The second-order valence-electron chi connectivity index (χ2n) is 6.63. The number of anilines is 1. The van der Waals surface area contributed by atoms with Gasteiger partial charge < -0.3 is 14.2 Å². The lowest BCUT2D eigenvalue weighted by Gasteiger charge is -2.35. The summed E-state index contributed by atoms with van der Waals surface area (Å²) in [4.78, 5) is 29.5. The highest BCUT2D eigenvalue weighted by Crippen LogP contribution is 2.21. The Kier molecular flexibility index (Phi) is 4.01. The molecule has 8 nitrogen and oxygen atoms in total. The fourth-order valence-electron chi connectivity index (χ4n) is 3.43. The van der Waals surface area contributed by atoms with Crippen LogP contribution >= 0.6 is 0 Å². The highest BCUT2D eigenvalue weighted by Gasteiger charge is 2.25. The van der Waals surface area contributed by atoms with Crippen molar-refractivity contribution in [2.24, 2.45) is 0 Å². The first-order valence-corrected chi connectivity index (χ1v) is 9.11. The smallest absolute Gasteiger partial charge is 0.289 e. The summed E-state index contributed by atoms with van der Waals surface area (Å²) >= 11 is 0. The molecule has 1 aliphatic rings. The van der Waals surface area contributed by atoms with Crippen LogP contribution in [0.2, 0.25) is 0 Å². The van der Waals surface area contributed by atoms with Crippen LogP contribution in [-0.4, -0.2) is 56.5 Å². The SMILES string of the molecule is O=C(c1cc2ccccc2o1)N1CCN(c2cc(-n3ccnc3)ncn2)CC1. The van der Waals surface area contributed by atoms with Crippen LogP contribution in [0.1, 0.15) is 10.6 Å². The van der Waals surface area contributed by atoms with Crippen molar-refractivity contribution < 1.29 is 9.21 Å². The van der Waals surface area contributed by atoms with Gasteiger partial charge in [0.25, 0.3) is 5.91 Å². The van der Waals surface area contributed by atoms with E-state index < -0.39 is 0 Å². The third-order valence-electron chi connectivity index (χ3n) is 4.93. The van der Waals surface area contributed by atoms with E-state index in [4.69, 9.17) is 4.42 Å². The maximum Gasteiger partial charge on any atom is 0.289 e. The summed E-state index contributed by atoms with van der Waals surface area (Å²) in [5.74, 6) is 1.93. The summed E-state index contributed by atoms with van der Waals surface area (Å²) < 4.78 is 7.56. The van der Waals surface area contributed by atoms with E-state index in [1.807, 2.05) is 52.1 Å². The molecule has 0 N–H and O–H groups in total. The molecule has 28 heavy (non-hydrogen) atoms.